The van der Waals surface area contributed by atoms with Gasteiger partial charge in [-0.2, -0.15) is 0 Å². The third-order valence-electron chi connectivity index (χ3n) is 5.19. The van der Waals surface area contributed by atoms with Crippen LogP contribution in [0.25, 0.3) is 11.5 Å². The highest BCUT2D eigenvalue weighted by Gasteiger charge is 2.29. The first-order chi connectivity index (χ1) is 12.3. The van der Waals surface area contributed by atoms with Crippen LogP contribution in [0.3, 0.4) is 0 Å². The zero-order valence-electron chi connectivity index (χ0n) is 14.7. The van der Waals surface area contributed by atoms with Crippen molar-refractivity contribution >= 4 is 5.82 Å². The lowest BCUT2D eigenvalue weighted by Crippen LogP contribution is -2.31. The monoisotopic (exact) mass is 339 g/mol. The Morgan fingerprint density at radius 2 is 2.24 bits per heavy atom. The van der Waals surface area contributed by atoms with Gasteiger partial charge in [0, 0.05) is 37.4 Å². The molecule has 2 aromatic rings. The highest BCUT2D eigenvalue weighted by molar-refractivity contribution is 5.57. The molecular formula is C19H25N5O. The largest absolute Gasteiger partial charge is 0.384 e. The Labute approximate surface area is 148 Å². The molecule has 2 N–H and O–H groups in total. The molecular weight excluding hydrogens is 314 g/mol. The predicted molar refractivity (Wildman–Crippen MR) is 97.3 cm³/mol. The van der Waals surface area contributed by atoms with Crippen LogP contribution in [0.5, 0.6) is 0 Å². The number of anilines is 1. The van der Waals surface area contributed by atoms with Gasteiger partial charge in [-0.05, 0) is 37.9 Å². The number of nitrogens with zero attached hydrogens (tertiary/aromatic N) is 3. The summed E-state index contributed by atoms with van der Waals surface area (Å²) in [6.07, 6.45) is 6.38. The minimum Gasteiger partial charge on any atom is -0.384 e. The van der Waals surface area contributed by atoms with Crippen molar-refractivity contribution in [2.75, 3.05) is 25.6 Å². The molecule has 0 aromatic carbocycles. The molecule has 0 amide bonds. The standard InChI is InChI=1S/C19H25N5O/c1-25-12-13-5-4-7-15(13)22-18-14-8-10-20-11-17(14)23-19(24-18)16-6-2-3-9-21-16/h2-3,6,9,13,15,20H,4-5,7-8,10-12H2,1H3,(H,22,23,24)/t13-,15-/m0/s1. The maximum absolute atomic E-state index is 5.41. The number of pyridine rings is 1. The van der Waals surface area contributed by atoms with Crippen LogP contribution in [0.2, 0.25) is 0 Å². The third kappa shape index (κ3) is 3.50. The minimum absolute atomic E-state index is 0.422. The highest BCUT2D eigenvalue weighted by Crippen LogP contribution is 2.31. The fourth-order valence-corrected chi connectivity index (χ4v) is 3.90. The maximum Gasteiger partial charge on any atom is 0.180 e. The Morgan fingerprint density at radius 3 is 3.08 bits per heavy atom. The van der Waals surface area contributed by atoms with Gasteiger partial charge in [-0.25, -0.2) is 9.97 Å². The first-order valence-corrected chi connectivity index (χ1v) is 9.12. The Kier molecular flexibility index (Phi) is 4.90. The van der Waals surface area contributed by atoms with Gasteiger partial charge in [0.1, 0.15) is 11.5 Å². The van der Waals surface area contributed by atoms with Crippen molar-refractivity contribution in [3.05, 3.63) is 35.7 Å². The lowest BCUT2D eigenvalue weighted by molar-refractivity contribution is 0.150. The molecule has 0 saturated heterocycles. The molecule has 0 unspecified atom stereocenters. The summed E-state index contributed by atoms with van der Waals surface area (Å²) < 4.78 is 5.41. The van der Waals surface area contributed by atoms with Crippen LogP contribution in [0.1, 0.15) is 30.5 Å². The smallest absolute Gasteiger partial charge is 0.180 e. The molecule has 0 bridgehead atoms. The first kappa shape index (κ1) is 16.4. The maximum atomic E-state index is 5.41. The fourth-order valence-electron chi connectivity index (χ4n) is 3.90. The topological polar surface area (TPSA) is 72.0 Å². The number of fused-ring (bicyclic) bond motifs is 1. The molecule has 0 spiro atoms. The van der Waals surface area contributed by atoms with Crippen LogP contribution in [0.4, 0.5) is 5.82 Å². The van der Waals surface area contributed by atoms with E-state index in [2.05, 4.69) is 15.6 Å². The second-order valence-corrected chi connectivity index (χ2v) is 6.86. The van der Waals surface area contributed by atoms with E-state index in [9.17, 15) is 0 Å². The van der Waals surface area contributed by atoms with E-state index in [1.165, 1.54) is 24.8 Å². The number of nitrogens with one attached hydrogen (secondary N) is 2. The first-order valence-electron chi connectivity index (χ1n) is 9.12. The average molecular weight is 339 g/mol. The Morgan fingerprint density at radius 1 is 1.28 bits per heavy atom. The van der Waals surface area contributed by atoms with Crippen molar-refractivity contribution in [2.45, 2.75) is 38.3 Å². The van der Waals surface area contributed by atoms with Gasteiger partial charge in [0.25, 0.3) is 0 Å². The molecule has 1 saturated carbocycles. The summed E-state index contributed by atoms with van der Waals surface area (Å²) in [6.45, 7) is 2.57. The van der Waals surface area contributed by atoms with E-state index in [1.54, 1.807) is 13.3 Å². The molecule has 4 rings (SSSR count). The lowest BCUT2D eigenvalue weighted by Gasteiger charge is -2.25. The molecule has 1 fully saturated rings. The van der Waals surface area contributed by atoms with Crippen LogP contribution in [-0.2, 0) is 17.7 Å². The zero-order valence-corrected chi connectivity index (χ0v) is 14.7. The van der Waals surface area contributed by atoms with E-state index >= 15 is 0 Å². The quantitative estimate of drug-likeness (QED) is 0.872. The summed E-state index contributed by atoms with van der Waals surface area (Å²) in [7, 11) is 1.78. The van der Waals surface area contributed by atoms with Gasteiger partial charge in [-0.1, -0.05) is 12.5 Å². The third-order valence-corrected chi connectivity index (χ3v) is 5.19. The molecule has 0 radical (unpaired) electrons. The van der Waals surface area contributed by atoms with Crippen molar-refractivity contribution in [2.24, 2.45) is 5.92 Å². The molecule has 2 aliphatic rings. The van der Waals surface area contributed by atoms with Gasteiger partial charge < -0.3 is 15.4 Å². The predicted octanol–water partition coefficient (Wildman–Crippen LogP) is 2.41. The van der Waals surface area contributed by atoms with E-state index in [4.69, 9.17) is 14.7 Å². The molecule has 6 heteroatoms. The zero-order chi connectivity index (χ0) is 17.1. The van der Waals surface area contributed by atoms with Crippen molar-refractivity contribution in [1.29, 1.82) is 0 Å². The molecule has 1 aliphatic heterocycles. The van der Waals surface area contributed by atoms with Crippen LogP contribution in [0, 0.1) is 5.92 Å². The summed E-state index contributed by atoms with van der Waals surface area (Å²) in [5.41, 5.74) is 3.16. The SMILES string of the molecule is COC[C@@H]1CCC[C@@H]1Nc1nc(-c2ccccn2)nc2c1CCNC2. The molecule has 6 nitrogen and oxygen atoms in total. The van der Waals surface area contributed by atoms with Crippen molar-refractivity contribution in [3.8, 4) is 11.5 Å². The van der Waals surface area contributed by atoms with Gasteiger partial charge in [-0.3, -0.25) is 4.98 Å². The molecule has 1 aliphatic carbocycles. The van der Waals surface area contributed by atoms with E-state index < -0.39 is 0 Å². The van der Waals surface area contributed by atoms with Gasteiger partial charge in [0.15, 0.2) is 5.82 Å². The molecule has 3 heterocycles. The average Bonchev–Trinajstić information content (AvgIpc) is 3.09. The van der Waals surface area contributed by atoms with Crippen molar-refractivity contribution in [3.63, 3.8) is 0 Å². The number of rotatable bonds is 5. The van der Waals surface area contributed by atoms with Crippen molar-refractivity contribution < 1.29 is 4.74 Å². The second kappa shape index (κ2) is 7.45. The van der Waals surface area contributed by atoms with E-state index in [0.717, 1.165) is 43.3 Å². The summed E-state index contributed by atoms with van der Waals surface area (Å²) in [5, 5.41) is 7.14. The van der Waals surface area contributed by atoms with Gasteiger partial charge in [0.2, 0.25) is 0 Å². The normalized spacial score (nSPS) is 22.6. The highest BCUT2D eigenvalue weighted by atomic mass is 16.5. The summed E-state index contributed by atoms with van der Waals surface area (Å²) in [5.74, 6) is 2.24. The molecule has 2 atom stereocenters. The van der Waals surface area contributed by atoms with Crippen LogP contribution < -0.4 is 10.6 Å². The summed E-state index contributed by atoms with van der Waals surface area (Å²) in [4.78, 5) is 14.1. The second-order valence-electron chi connectivity index (χ2n) is 6.86. The Bertz CT molecular complexity index is 721. The lowest BCUT2D eigenvalue weighted by atomic mass is 10.0. The Hall–Kier alpha value is -2.05. The number of aromatic nitrogens is 3. The van der Waals surface area contributed by atoms with Crippen molar-refractivity contribution in [1.82, 2.24) is 20.3 Å². The minimum atomic E-state index is 0.422. The number of ether oxygens (including phenoxy) is 1. The van der Waals surface area contributed by atoms with Gasteiger partial charge in [0.05, 0.1) is 12.3 Å². The van der Waals surface area contributed by atoms with Crippen LogP contribution >= 0.6 is 0 Å². The number of hydrogen-bond acceptors (Lipinski definition) is 6. The van der Waals surface area contributed by atoms with Gasteiger partial charge in [-0.15, -0.1) is 0 Å². The van der Waals surface area contributed by atoms with Gasteiger partial charge >= 0.3 is 0 Å². The molecule has 2 aromatic heterocycles. The van der Waals surface area contributed by atoms with Crippen LogP contribution in [0.15, 0.2) is 24.4 Å². The van der Waals surface area contributed by atoms with E-state index in [1.807, 2.05) is 18.2 Å². The fraction of sp³-hybridized carbons (Fsp3) is 0.526. The summed E-state index contributed by atoms with van der Waals surface area (Å²) in [6, 6.07) is 6.27. The molecule has 25 heavy (non-hydrogen) atoms. The molecule has 132 valence electrons. The van der Waals surface area contributed by atoms with E-state index in [-0.39, 0.29) is 0 Å². The van der Waals surface area contributed by atoms with Crippen LogP contribution in [-0.4, -0.2) is 41.3 Å². The number of methoxy groups -OCH3 is 1. The summed E-state index contributed by atoms with van der Waals surface area (Å²) >= 11 is 0. The number of hydrogen-bond donors (Lipinski definition) is 2. The van der Waals surface area contributed by atoms with E-state index in [0.29, 0.717) is 17.8 Å². The Balaban J connectivity index is 1.68.